The number of halogens is 3. The second-order valence-corrected chi connectivity index (χ2v) is 7.24. The molecule has 0 spiro atoms. The van der Waals surface area contributed by atoms with Crippen LogP contribution in [0.2, 0.25) is 0 Å². The summed E-state index contributed by atoms with van der Waals surface area (Å²) in [4.78, 5) is 35.3. The highest BCUT2D eigenvalue weighted by molar-refractivity contribution is 6.00. The molecule has 0 aliphatic rings. The zero-order valence-electron chi connectivity index (χ0n) is 18.3. The van der Waals surface area contributed by atoms with Crippen LogP contribution < -0.4 is 21.4 Å². The van der Waals surface area contributed by atoms with Gasteiger partial charge in [0.1, 0.15) is 0 Å². The molecule has 8 nitrogen and oxygen atoms in total. The third-order valence-corrected chi connectivity index (χ3v) is 4.46. The van der Waals surface area contributed by atoms with E-state index in [4.69, 9.17) is 0 Å². The van der Waals surface area contributed by atoms with E-state index in [2.05, 4.69) is 26.5 Å². The number of hydrazone groups is 1. The lowest BCUT2D eigenvalue weighted by Gasteiger charge is -2.11. The smallest absolute Gasteiger partial charge is 0.326 e. The van der Waals surface area contributed by atoms with Crippen molar-refractivity contribution < 1.29 is 27.6 Å². The van der Waals surface area contributed by atoms with Gasteiger partial charge < -0.3 is 16.0 Å². The lowest BCUT2D eigenvalue weighted by Crippen LogP contribution is -2.20. The number of hydrogen-bond donors (Lipinski definition) is 4. The van der Waals surface area contributed by atoms with E-state index in [1.807, 2.05) is 0 Å². The van der Waals surface area contributed by atoms with Gasteiger partial charge in [-0.1, -0.05) is 18.2 Å². The van der Waals surface area contributed by atoms with Crippen molar-refractivity contribution in [1.29, 1.82) is 0 Å². The fourth-order valence-electron chi connectivity index (χ4n) is 2.86. The minimum absolute atomic E-state index is 0.0176. The number of alkyl halides is 3. The van der Waals surface area contributed by atoms with E-state index in [0.29, 0.717) is 16.9 Å². The number of carbonyl (C=O) groups is 3. The van der Waals surface area contributed by atoms with Crippen molar-refractivity contribution in [2.75, 3.05) is 16.0 Å². The van der Waals surface area contributed by atoms with Crippen molar-refractivity contribution in [2.24, 2.45) is 5.10 Å². The summed E-state index contributed by atoms with van der Waals surface area (Å²) < 4.78 is 38.4. The van der Waals surface area contributed by atoms with Crippen molar-refractivity contribution in [3.63, 3.8) is 0 Å². The number of amides is 4. The number of anilines is 3. The number of hydrogen-bond acceptors (Lipinski definition) is 4. The van der Waals surface area contributed by atoms with Gasteiger partial charge in [0.2, 0.25) is 5.91 Å². The Balaban J connectivity index is 1.52. The third-order valence-electron chi connectivity index (χ3n) is 4.46. The van der Waals surface area contributed by atoms with Gasteiger partial charge in [0.15, 0.2) is 0 Å². The third kappa shape index (κ3) is 7.70. The molecule has 0 heterocycles. The van der Waals surface area contributed by atoms with Crippen molar-refractivity contribution in [2.45, 2.75) is 13.1 Å². The fourth-order valence-corrected chi connectivity index (χ4v) is 2.86. The molecule has 180 valence electrons. The fraction of sp³-hybridized carbons (Fsp3) is 0.0833. The van der Waals surface area contributed by atoms with E-state index in [-0.39, 0.29) is 17.2 Å². The molecule has 4 amide bonds. The van der Waals surface area contributed by atoms with E-state index >= 15 is 0 Å². The number of nitrogens with zero attached hydrogens (tertiary/aromatic N) is 1. The van der Waals surface area contributed by atoms with Gasteiger partial charge in [-0.25, -0.2) is 10.2 Å². The summed E-state index contributed by atoms with van der Waals surface area (Å²) >= 11 is 0. The first-order valence-corrected chi connectivity index (χ1v) is 10.2. The first-order chi connectivity index (χ1) is 16.6. The van der Waals surface area contributed by atoms with Gasteiger partial charge in [-0.15, -0.1) is 0 Å². The quantitative estimate of drug-likeness (QED) is 0.290. The zero-order valence-corrected chi connectivity index (χ0v) is 18.3. The Morgan fingerprint density at radius 1 is 0.800 bits per heavy atom. The molecule has 0 saturated carbocycles. The maximum Gasteiger partial charge on any atom is 0.416 e. The van der Waals surface area contributed by atoms with Crippen LogP contribution in [0.3, 0.4) is 0 Å². The zero-order chi connectivity index (χ0) is 25.4. The van der Waals surface area contributed by atoms with Crippen LogP contribution in [-0.4, -0.2) is 24.1 Å². The average molecular weight is 483 g/mol. The Morgan fingerprint density at radius 2 is 1.40 bits per heavy atom. The van der Waals surface area contributed by atoms with Gasteiger partial charge in [-0.05, 0) is 60.2 Å². The molecule has 3 rings (SSSR count). The van der Waals surface area contributed by atoms with Gasteiger partial charge in [0.25, 0.3) is 5.91 Å². The van der Waals surface area contributed by atoms with E-state index < -0.39 is 23.7 Å². The van der Waals surface area contributed by atoms with E-state index in [9.17, 15) is 27.6 Å². The summed E-state index contributed by atoms with van der Waals surface area (Å²) in [5, 5.41) is 11.3. The largest absolute Gasteiger partial charge is 0.416 e. The first-order valence-electron chi connectivity index (χ1n) is 10.2. The lowest BCUT2D eigenvalue weighted by molar-refractivity contribution is -0.137. The van der Waals surface area contributed by atoms with Crippen LogP contribution in [0.15, 0.2) is 77.9 Å². The SMILES string of the molecule is CC(=O)Nc1ccc(/C=N\NC(=O)c2ccc(NC(=O)Nc3cccc(C(F)(F)F)c3)cc2)cc1. The topological polar surface area (TPSA) is 112 Å². The molecule has 3 aromatic rings. The molecule has 0 aliphatic carbocycles. The summed E-state index contributed by atoms with van der Waals surface area (Å²) in [5.74, 6) is -0.674. The molecule has 35 heavy (non-hydrogen) atoms. The number of urea groups is 1. The van der Waals surface area contributed by atoms with Crippen molar-refractivity contribution in [3.8, 4) is 0 Å². The number of rotatable bonds is 6. The van der Waals surface area contributed by atoms with Crippen LogP contribution in [0.1, 0.15) is 28.4 Å². The summed E-state index contributed by atoms with van der Waals surface area (Å²) in [6.45, 7) is 1.41. The number of nitrogens with one attached hydrogen (secondary N) is 4. The van der Waals surface area contributed by atoms with Crippen LogP contribution in [0.5, 0.6) is 0 Å². The van der Waals surface area contributed by atoms with E-state index in [0.717, 1.165) is 12.1 Å². The number of benzene rings is 3. The van der Waals surface area contributed by atoms with Crippen LogP contribution in [0, 0.1) is 0 Å². The highest BCUT2D eigenvalue weighted by atomic mass is 19.4. The van der Waals surface area contributed by atoms with Gasteiger partial charge >= 0.3 is 12.2 Å². The van der Waals surface area contributed by atoms with Gasteiger partial charge in [0, 0.05) is 29.5 Å². The van der Waals surface area contributed by atoms with Crippen LogP contribution >= 0.6 is 0 Å². The number of carbonyl (C=O) groups excluding carboxylic acids is 3. The molecule has 0 saturated heterocycles. The van der Waals surface area contributed by atoms with Gasteiger partial charge in [-0.3, -0.25) is 9.59 Å². The van der Waals surface area contributed by atoms with Crippen molar-refractivity contribution in [3.05, 3.63) is 89.5 Å². The molecule has 0 bridgehead atoms. The van der Waals surface area contributed by atoms with Crippen LogP contribution in [0.4, 0.5) is 35.0 Å². The lowest BCUT2D eigenvalue weighted by atomic mass is 10.2. The van der Waals surface area contributed by atoms with Crippen molar-refractivity contribution >= 4 is 41.1 Å². The Labute approximate surface area is 198 Å². The Hall–Kier alpha value is -4.67. The Bertz CT molecular complexity index is 1240. The van der Waals surface area contributed by atoms with E-state index in [1.54, 1.807) is 24.3 Å². The maximum atomic E-state index is 12.8. The van der Waals surface area contributed by atoms with Gasteiger partial charge in [-0.2, -0.15) is 18.3 Å². The van der Waals surface area contributed by atoms with Gasteiger partial charge in [0.05, 0.1) is 11.8 Å². The standard InChI is InChI=1S/C24H20F3N5O3/c1-15(33)29-19-9-5-16(6-10-19)14-28-32-22(34)17-7-11-20(12-8-17)30-23(35)31-21-4-2-3-18(13-21)24(25,26)27/h2-14H,1H3,(H,29,33)(H,32,34)(H2,30,31,35)/b28-14-. The Kier molecular flexibility index (Phi) is 7.82. The molecular formula is C24H20F3N5O3. The molecular weight excluding hydrogens is 463 g/mol. The molecule has 0 fully saturated rings. The highest BCUT2D eigenvalue weighted by Gasteiger charge is 2.30. The van der Waals surface area contributed by atoms with E-state index in [1.165, 1.54) is 49.5 Å². The highest BCUT2D eigenvalue weighted by Crippen LogP contribution is 2.30. The van der Waals surface area contributed by atoms with Crippen molar-refractivity contribution in [1.82, 2.24) is 5.43 Å². The summed E-state index contributed by atoms with van der Waals surface area (Å²) in [6.07, 6.45) is -3.09. The molecule has 11 heteroatoms. The summed E-state index contributed by atoms with van der Waals surface area (Å²) in [6, 6.07) is 16.2. The van der Waals surface area contributed by atoms with Crippen LogP contribution in [0.25, 0.3) is 0 Å². The minimum Gasteiger partial charge on any atom is -0.326 e. The second-order valence-electron chi connectivity index (χ2n) is 7.24. The average Bonchev–Trinajstić information content (AvgIpc) is 2.80. The summed E-state index contributed by atoms with van der Waals surface area (Å²) in [7, 11) is 0. The molecule has 0 radical (unpaired) electrons. The molecule has 4 N–H and O–H groups in total. The predicted octanol–water partition coefficient (Wildman–Crippen LogP) is 5.07. The molecule has 0 aliphatic heterocycles. The monoisotopic (exact) mass is 483 g/mol. The maximum absolute atomic E-state index is 12.8. The normalized spacial score (nSPS) is 11.1. The predicted molar refractivity (Wildman–Crippen MR) is 126 cm³/mol. The molecule has 0 atom stereocenters. The minimum atomic E-state index is -4.52. The summed E-state index contributed by atoms with van der Waals surface area (Å²) in [5.41, 5.74) is 3.41. The van der Waals surface area contributed by atoms with Crippen LogP contribution in [-0.2, 0) is 11.0 Å². The molecule has 0 aromatic heterocycles. The second kappa shape index (κ2) is 11.0. The Morgan fingerprint density at radius 3 is 2.03 bits per heavy atom. The molecule has 3 aromatic carbocycles. The first kappa shape index (κ1) is 25.0. The molecule has 0 unspecified atom stereocenters.